The first kappa shape index (κ1) is 18.8. The highest BCUT2D eigenvalue weighted by molar-refractivity contribution is 6.60. The van der Waals surface area contributed by atoms with Crippen molar-refractivity contribution in [3.8, 4) is 11.5 Å². The van der Waals surface area contributed by atoms with Crippen molar-refractivity contribution in [3.63, 3.8) is 0 Å². The van der Waals surface area contributed by atoms with Gasteiger partial charge in [-0.2, -0.15) is 0 Å². The van der Waals surface area contributed by atoms with Crippen LogP contribution in [0.4, 0.5) is 4.79 Å². The summed E-state index contributed by atoms with van der Waals surface area (Å²) in [5.74, 6) is 0.642. The van der Waals surface area contributed by atoms with Crippen LogP contribution >= 0.6 is 11.6 Å². The monoisotopic (exact) mass is 336 g/mol. The van der Waals surface area contributed by atoms with Crippen molar-refractivity contribution in [2.75, 3.05) is 0 Å². The Morgan fingerprint density at radius 2 is 1.22 bits per heavy atom. The van der Waals surface area contributed by atoms with Gasteiger partial charge in [-0.05, 0) is 48.2 Å². The first-order valence-electron chi connectivity index (χ1n) is 7.04. The van der Waals surface area contributed by atoms with Gasteiger partial charge in [-0.3, -0.25) is 0 Å². The van der Waals surface area contributed by atoms with Gasteiger partial charge in [0.1, 0.15) is 11.5 Å². The maximum Gasteiger partial charge on any atom is 0.401 e. The van der Waals surface area contributed by atoms with E-state index in [9.17, 15) is 10.2 Å². The number of phenolic OH excluding ortho intramolecular Hbond substituents is 2. The van der Waals surface area contributed by atoms with Gasteiger partial charge in [-0.25, -0.2) is 4.79 Å². The number of carbonyl (C=O) groups is 1. The lowest BCUT2D eigenvalue weighted by Crippen LogP contribution is -2.19. The molecule has 0 aromatic heterocycles. The minimum absolute atomic E-state index is 0.170. The van der Waals surface area contributed by atoms with E-state index in [1.807, 2.05) is 38.1 Å². The first-order valence-corrected chi connectivity index (χ1v) is 7.42. The molecule has 3 N–H and O–H groups in total. The summed E-state index contributed by atoms with van der Waals surface area (Å²) in [5, 5.41) is 26.4. The summed E-state index contributed by atoms with van der Waals surface area (Å²) >= 11 is 4.19. The van der Waals surface area contributed by atoms with E-state index in [0.717, 1.165) is 22.3 Å². The quantitative estimate of drug-likeness (QED) is 0.678. The molecule has 2 aromatic carbocycles. The van der Waals surface area contributed by atoms with Crippen molar-refractivity contribution in [2.24, 2.45) is 0 Å². The summed E-state index contributed by atoms with van der Waals surface area (Å²) < 4.78 is 0. The molecule has 0 aliphatic heterocycles. The molecule has 0 unspecified atom stereocenters. The molecule has 0 aliphatic carbocycles. The lowest BCUT2D eigenvalue weighted by molar-refractivity contribution is 0.220. The van der Waals surface area contributed by atoms with Crippen LogP contribution < -0.4 is 0 Å². The Kier molecular flexibility index (Phi) is 6.05. The predicted molar refractivity (Wildman–Crippen MR) is 91.7 cm³/mol. The Morgan fingerprint density at radius 1 is 0.913 bits per heavy atom. The predicted octanol–water partition coefficient (Wildman–Crippen LogP) is 4.94. The number of halogens is 1. The van der Waals surface area contributed by atoms with Crippen molar-refractivity contribution in [2.45, 2.75) is 33.1 Å². The molecule has 0 amide bonds. The maximum atomic E-state index is 9.63. The van der Waals surface area contributed by atoms with Crippen molar-refractivity contribution in [1.82, 2.24) is 0 Å². The van der Waals surface area contributed by atoms with E-state index in [0.29, 0.717) is 11.5 Å². The number of rotatable bonds is 2. The van der Waals surface area contributed by atoms with Crippen molar-refractivity contribution in [3.05, 3.63) is 58.7 Å². The summed E-state index contributed by atoms with van der Waals surface area (Å²) in [5.41, 5.74) is 2.51. The van der Waals surface area contributed by atoms with Crippen molar-refractivity contribution < 1.29 is 20.1 Å². The molecule has 0 spiro atoms. The fraction of sp³-hybridized carbons (Fsp3) is 0.278. The summed E-state index contributed by atoms with van der Waals surface area (Å²) in [6.07, 6.45) is 0. The highest BCUT2D eigenvalue weighted by atomic mass is 35.5. The van der Waals surface area contributed by atoms with Crippen LogP contribution in [0.25, 0.3) is 0 Å². The van der Waals surface area contributed by atoms with Gasteiger partial charge >= 0.3 is 5.43 Å². The standard InChI is InChI=1S/C17H20O2.CHClO2/c1-11-9-13(5-7-15(11)18)17(3,4)14-6-8-16(19)12(2)10-14;2-1(3)4/h5-10,18-19H,1-4H3;(H,3,4). The lowest BCUT2D eigenvalue weighted by atomic mass is 9.77. The van der Waals surface area contributed by atoms with Crippen LogP contribution in [0.15, 0.2) is 36.4 Å². The van der Waals surface area contributed by atoms with Crippen LogP contribution in [-0.2, 0) is 5.41 Å². The van der Waals surface area contributed by atoms with Crippen LogP contribution in [-0.4, -0.2) is 20.7 Å². The molecule has 0 bridgehead atoms. The van der Waals surface area contributed by atoms with E-state index in [2.05, 4.69) is 25.4 Å². The SMILES string of the molecule is Cc1cc(C(C)(C)c2ccc(O)c(C)c2)ccc1O.O=C(O)Cl. The van der Waals surface area contributed by atoms with Crippen molar-refractivity contribution in [1.29, 1.82) is 0 Å². The van der Waals surface area contributed by atoms with E-state index >= 15 is 0 Å². The number of hydrogen-bond donors (Lipinski definition) is 3. The molecule has 4 nitrogen and oxygen atoms in total. The van der Waals surface area contributed by atoms with Gasteiger partial charge in [0.15, 0.2) is 0 Å². The highest BCUT2D eigenvalue weighted by Crippen LogP contribution is 2.35. The van der Waals surface area contributed by atoms with Crippen LogP contribution in [0, 0.1) is 13.8 Å². The van der Waals surface area contributed by atoms with Crippen LogP contribution in [0.5, 0.6) is 11.5 Å². The molecule has 0 heterocycles. The fourth-order valence-corrected chi connectivity index (χ4v) is 2.26. The number of benzene rings is 2. The topological polar surface area (TPSA) is 77.8 Å². The average Bonchev–Trinajstić information content (AvgIpc) is 2.44. The van der Waals surface area contributed by atoms with Crippen molar-refractivity contribution >= 4 is 17.0 Å². The van der Waals surface area contributed by atoms with Gasteiger partial charge in [-0.15, -0.1) is 0 Å². The van der Waals surface area contributed by atoms with Crippen LogP contribution in [0.1, 0.15) is 36.1 Å². The molecule has 23 heavy (non-hydrogen) atoms. The van der Waals surface area contributed by atoms with Gasteiger partial charge in [-0.1, -0.05) is 38.1 Å². The second-order valence-electron chi connectivity index (χ2n) is 5.88. The van der Waals surface area contributed by atoms with Gasteiger partial charge in [0.05, 0.1) is 0 Å². The Balaban J connectivity index is 0.000000593. The Hall–Kier alpha value is -2.20. The third kappa shape index (κ3) is 4.89. The Labute approximate surface area is 141 Å². The van der Waals surface area contributed by atoms with Gasteiger partial charge in [0.25, 0.3) is 0 Å². The summed E-state index contributed by atoms with van der Waals surface area (Å²) in [4.78, 5) is 8.77. The van der Waals surface area contributed by atoms with E-state index < -0.39 is 5.43 Å². The fourth-order valence-electron chi connectivity index (χ4n) is 2.26. The zero-order chi connectivity index (χ0) is 17.8. The maximum absolute atomic E-state index is 9.63. The molecule has 0 radical (unpaired) electrons. The van der Waals surface area contributed by atoms with E-state index in [1.54, 1.807) is 12.1 Å². The molecule has 0 atom stereocenters. The smallest absolute Gasteiger partial charge is 0.401 e. The summed E-state index contributed by atoms with van der Waals surface area (Å²) in [6, 6.07) is 11.4. The van der Waals surface area contributed by atoms with Crippen LogP contribution in [0.2, 0.25) is 0 Å². The third-order valence-corrected chi connectivity index (χ3v) is 3.84. The summed E-state index contributed by atoms with van der Waals surface area (Å²) in [6.45, 7) is 8.09. The zero-order valence-electron chi connectivity index (χ0n) is 13.6. The molecule has 5 heteroatoms. The zero-order valence-corrected chi connectivity index (χ0v) is 14.3. The molecular weight excluding hydrogens is 316 g/mol. The average molecular weight is 337 g/mol. The molecule has 124 valence electrons. The minimum atomic E-state index is -1.36. The third-order valence-electron chi connectivity index (χ3n) is 3.84. The molecule has 2 aromatic rings. The second-order valence-corrected chi connectivity index (χ2v) is 6.20. The van der Waals surface area contributed by atoms with E-state index in [1.165, 1.54) is 0 Å². The number of aryl methyl sites for hydroxylation is 2. The number of carboxylic acid groups (broad SMARTS) is 1. The van der Waals surface area contributed by atoms with Gasteiger partial charge in [0.2, 0.25) is 0 Å². The number of phenols is 2. The molecule has 0 saturated heterocycles. The Morgan fingerprint density at radius 3 is 1.48 bits per heavy atom. The second kappa shape index (κ2) is 7.38. The normalized spacial score (nSPS) is 10.7. The van der Waals surface area contributed by atoms with E-state index in [4.69, 9.17) is 9.90 Å². The molecule has 0 aliphatic rings. The molecular formula is C18H21ClO4. The first-order chi connectivity index (χ1) is 10.6. The Bertz CT molecular complexity index is 651. The van der Waals surface area contributed by atoms with Gasteiger partial charge in [0, 0.05) is 17.0 Å². The molecule has 0 saturated carbocycles. The highest BCUT2D eigenvalue weighted by Gasteiger charge is 2.24. The minimum Gasteiger partial charge on any atom is -0.508 e. The number of aromatic hydroxyl groups is 2. The van der Waals surface area contributed by atoms with E-state index in [-0.39, 0.29) is 5.41 Å². The molecule has 0 fully saturated rings. The van der Waals surface area contributed by atoms with Gasteiger partial charge < -0.3 is 15.3 Å². The number of hydrogen-bond acceptors (Lipinski definition) is 3. The molecule has 2 rings (SSSR count). The van der Waals surface area contributed by atoms with Crippen LogP contribution in [0.3, 0.4) is 0 Å². The lowest BCUT2D eigenvalue weighted by Gasteiger charge is -2.27. The summed E-state index contributed by atoms with van der Waals surface area (Å²) in [7, 11) is 0. The largest absolute Gasteiger partial charge is 0.508 e.